The number of carbonyl (C=O) groups is 1. The van der Waals surface area contributed by atoms with E-state index in [2.05, 4.69) is 6.07 Å². The molecule has 102 valence electrons. The molecule has 3 rings (SSSR count). The van der Waals surface area contributed by atoms with Gasteiger partial charge in [-0.05, 0) is 43.2 Å². The minimum atomic E-state index is 0.199. The summed E-state index contributed by atoms with van der Waals surface area (Å²) in [4.78, 5) is 12.4. The molecule has 3 heteroatoms. The quantitative estimate of drug-likeness (QED) is 0.908. The molecule has 1 aromatic carbocycles. The Morgan fingerprint density at radius 1 is 1.26 bits per heavy atom. The lowest BCUT2D eigenvalue weighted by molar-refractivity contribution is -0.123. The lowest BCUT2D eigenvalue weighted by Gasteiger charge is -2.26. The van der Waals surface area contributed by atoms with Crippen LogP contribution in [0.5, 0.6) is 5.75 Å². The van der Waals surface area contributed by atoms with Crippen molar-refractivity contribution in [3.8, 4) is 5.75 Å². The zero-order valence-electron chi connectivity index (χ0n) is 11.2. The van der Waals surface area contributed by atoms with Crippen LogP contribution in [0.3, 0.4) is 0 Å². The van der Waals surface area contributed by atoms with E-state index in [0.717, 1.165) is 38.0 Å². The molecule has 0 spiro atoms. The largest absolute Gasteiger partial charge is 0.493 e. The predicted molar refractivity (Wildman–Crippen MR) is 74.2 cm³/mol. The summed E-state index contributed by atoms with van der Waals surface area (Å²) in [5.74, 6) is 1.88. The van der Waals surface area contributed by atoms with E-state index in [0.29, 0.717) is 18.1 Å². The molecule has 0 radical (unpaired) electrons. The van der Waals surface area contributed by atoms with E-state index in [1.54, 1.807) is 0 Å². The van der Waals surface area contributed by atoms with Crippen molar-refractivity contribution < 1.29 is 9.53 Å². The molecule has 1 heterocycles. The topological polar surface area (TPSA) is 52.3 Å². The minimum Gasteiger partial charge on any atom is -0.493 e. The normalized spacial score (nSPS) is 29.6. The van der Waals surface area contributed by atoms with Crippen molar-refractivity contribution >= 4 is 5.78 Å². The summed E-state index contributed by atoms with van der Waals surface area (Å²) in [5, 5.41) is 0. The first kappa shape index (κ1) is 12.7. The van der Waals surface area contributed by atoms with Crippen LogP contribution in [0.25, 0.3) is 0 Å². The highest BCUT2D eigenvalue weighted by Crippen LogP contribution is 2.37. The van der Waals surface area contributed by atoms with Crippen LogP contribution >= 0.6 is 0 Å². The van der Waals surface area contributed by atoms with Gasteiger partial charge < -0.3 is 10.5 Å². The van der Waals surface area contributed by atoms with Gasteiger partial charge in [0, 0.05) is 18.4 Å². The second-order valence-corrected chi connectivity index (χ2v) is 5.81. The van der Waals surface area contributed by atoms with Crippen molar-refractivity contribution in [1.82, 2.24) is 0 Å². The maximum absolute atomic E-state index is 12.4. The Kier molecular flexibility index (Phi) is 3.56. The highest BCUT2D eigenvalue weighted by Gasteiger charge is 2.31. The van der Waals surface area contributed by atoms with E-state index in [9.17, 15) is 4.79 Å². The lowest BCUT2D eigenvalue weighted by atomic mass is 9.85. The molecule has 1 aromatic rings. The van der Waals surface area contributed by atoms with Crippen LogP contribution in [0, 0.1) is 5.92 Å². The first-order chi connectivity index (χ1) is 9.24. The van der Waals surface area contributed by atoms with Crippen LogP contribution in [0.2, 0.25) is 0 Å². The molecular weight excluding hydrogens is 238 g/mol. The molecule has 3 unspecified atom stereocenters. The maximum atomic E-state index is 12.4. The summed E-state index contributed by atoms with van der Waals surface area (Å²) >= 11 is 0. The minimum absolute atomic E-state index is 0.199. The van der Waals surface area contributed by atoms with Crippen molar-refractivity contribution in [2.24, 2.45) is 11.7 Å². The zero-order valence-corrected chi connectivity index (χ0v) is 11.2. The van der Waals surface area contributed by atoms with Gasteiger partial charge in [0.1, 0.15) is 11.5 Å². The molecule has 0 saturated heterocycles. The van der Waals surface area contributed by atoms with Gasteiger partial charge in [0.15, 0.2) is 0 Å². The van der Waals surface area contributed by atoms with Crippen LogP contribution in [-0.4, -0.2) is 18.4 Å². The van der Waals surface area contributed by atoms with E-state index in [4.69, 9.17) is 10.5 Å². The lowest BCUT2D eigenvalue weighted by Crippen LogP contribution is -2.22. The Bertz CT molecular complexity index is 472. The van der Waals surface area contributed by atoms with E-state index in [1.165, 1.54) is 5.56 Å². The molecule has 3 nitrogen and oxygen atoms in total. The monoisotopic (exact) mass is 259 g/mol. The third kappa shape index (κ3) is 2.66. The van der Waals surface area contributed by atoms with E-state index < -0.39 is 0 Å². The Balaban J connectivity index is 1.69. The Morgan fingerprint density at radius 3 is 2.89 bits per heavy atom. The fraction of sp³-hybridized carbons (Fsp3) is 0.562. The van der Waals surface area contributed by atoms with Gasteiger partial charge >= 0.3 is 0 Å². The maximum Gasteiger partial charge on any atom is 0.136 e. The zero-order chi connectivity index (χ0) is 13.2. The van der Waals surface area contributed by atoms with Crippen molar-refractivity contribution in [3.05, 3.63) is 29.8 Å². The molecular formula is C16H21NO2. The van der Waals surface area contributed by atoms with E-state index >= 15 is 0 Å². The Morgan fingerprint density at radius 2 is 2.11 bits per heavy atom. The number of hydrogen-bond acceptors (Lipinski definition) is 3. The van der Waals surface area contributed by atoms with Gasteiger partial charge in [0.05, 0.1) is 6.61 Å². The molecule has 3 atom stereocenters. The summed E-state index contributed by atoms with van der Waals surface area (Å²) < 4.78 is 5.65. The fourth-order valence-electron chi connectivity index (χ4n) is 3.35. The highest BCUT2D eigenvalue weighted by atomic mass is 16.5. The molecule has 19 heavy (non-hydrogen) atoms. The van der Waals surface area contributed by atoms with Crippen molar-refractivity contribution in [1.29, 1.82) is 0 Å². The summed E-state index contributed by atoms with van der Waals surface area (Å²) in [6.45, 7) is 0.721. The number of fused-ring (bicyclic) bond motifs is 1. The van der Waals surface area contributed by atoms with Crippen molar-refractivity contribution in [2.45, 2.75) is 44.1 Å². The summed E-state index contributed by atoms with van der Waals surface area (Å²) in [7, 11) is 0. The smallest absolute Gasteiger partial charge is 0.136 e. The molecule has 0 aromatic heterocycles. The van der Waals surface area contributed by atoms with Gasteiger partial charge in [0.25, 0.3) is 0 Å². The van der Waals surface area contributed by atoms with Gasteiger partial charge in [-0.2, -0.15) is 0 Å². The molecule has 1 aliphatic heterocycles. The summed E-state index contributed by atoms with van der Waals surface area (Å²) in [5.41, 5.74) is 7.10. The first-order valence-electron chi connectivity index (χ1n) is 7.24. The molecule has 1 saturated carbocycles. The van der Waals surface area contributed by atoms with Crippen LogP contribution in [0.15, 0.2) is 24.3 Å². The van der Waals surface area contributed by atoms with Gasteiger partial charge in [0.2, 0.25) is 0 Å². The summed E-state index contributed by atoms with van der Waals surface area (Å²) in [6.07, 6.45) is 4.45. The average molecular weight is 259 g/mol. The van der Waals surface area contributed by atoms with Gasteiger partial charge in [-0.1, -0.05) is 18.2 Å². The van der Waals surface area contributed by atoms with Crippen LogP contribution < -0.4 is 10.5 Å². The van der Waals surface area contributed by atoms with Crippen LogP contribution in [0.4, 0.5) is 0 Å². The number of rotatable bonds is 3. The second-order valence-electron chi connectivity index (χ2n) is 5.81. The van der Waals surface area contributed by atoms with Crippen molar-refractivity contribution in [2.75, 3.05) is 6.61 Å². The van der Waals surface area contributed by atoms with Crippen LogP contribution in [0.1, 0.15) is 43.6 Å². The average Bonchev–Trinajstić information content (AvgIpc) is 2.86. The van der Waals surface area contributed by atoms with Gasteiger partial charge in [-0.3, -0.25) is 4.79 Å². The Labute approximate surface area is 114 Å². The standard InChI is InChI=1S/C16H21NO2/c17-13-6-5-12(9-13)15(18)10-11-7-8-19-16-4-2-1-3-14(11)16/h1-4,11-13H,5-10,17H2. The third-order valence-electron chi connectivity index (χ3n) is 4.46. The highest BCUT2D eigenvalue weighted by molar-refractivity contribution is 5.82. The molecule has 1 aliphatic carbocycles. The van der Waals surface area contributed by atoms with E-state index in [1.807, 2.05) is 18.2 Å². The number of para-hydroxylation sites is 1. The summed E-state index contributed by atoms with van der Waals surface area (Å²) in [6, 6.07) is 8.33. The number of ether oxygens (including phenoxy) is 1. The van der Waals surface area contributed by atoms with Gasteiger partial charge in [-0.25, -0.2) is 0 Å². The molecule has 0 amide bonds. The van der Waals surface area contributed by atoms with Crippen LogP contribution in [-0.2, 0) is 4.79 Å². The third-order valence-corrected chi connectivity index (χ3v) is 4.46. The Hall–Kier alpha value is -1.35. The number of Topliss-reactive ketones (excluding diaryl/α,β-unsaturated/α-hetero) is 1. The first-order valence-corrected chi connectivity index (χ1v) is 7.24. The number of nitrogens with two attached hydrogens (primary N) is 1. The van der Waals surface area contributed by atoms with E-state index in [-0.39, 0.29) is 12.0 Å². The molecule has 0 bridgehead atoms. The SMILES string of the molecule is NC1CCC(C(=O)CC2CCOc3ccccc32)C1. The van der Waals surface area contributed by atoms with Gasteiger partial charge in [-0.15, -0.1) is 0 Å². The van der Waals surface area contributed by atoms with Crippen molar-refractivity contribution in [3.63, 3.8) is 0 Å². The fourth-order valence-corrected chi connectivity index (χ4v) is 3.35. The number of carbonyl (C=O) groups excluding carboxylic acids is 1. The molecule has 1 fully saturated rings. The number of hydrogen-bond donors (Lipinski definition) is 1. The number of ketones is 1. The molecule has 2 aliphatic rings. The number of benzene rings is 1. The molecule has 2 N–H and O–H groups in total. The second kappa shape index (κ2) is 5.33. The predicted octanol–water partition coefficient (Wildman–Crippen LogP) is 2.64.